The molecule has 0 spiro atoms. The zero-order chi connectivity index (χ0) is 30.9. The van der Waals surface area contributed by atoms with Crippen LogP contribution in [0.3, 0.4) is 0 Å². The maximum atomic E-state index is 13.3. The number of nitrogens with one attached hydrogen (secondary N) is 1. The minimum atomic E-state index is -3.61. The minimum Gasteiger partial charge on any atom is -0.385 e. The molecule has 0 bridgehead atoms. The number of carbonyl (C=O) groups is 3. The molecular formula is C20H28N2O4. The number of hydrogen-bond donors (Lipinski definition) is 2. The van der Waals surface area contributed by atoms with Crippen molar-refractivity contribution in [2.24, 2.45) is 11.8 Å². The Labute approximate surface area is 172 Å². The molecular weight excluding hydrogens is 332 g/mol. The first-order valence-electron chi connectivity index (χ1n) is 14.1. The molecule has 0 radical (unpaired) electrons. The van der Waals surface area contributed by atoms with Crippen LogP contribution in [-0.2, 0) is 20.8 Å². The Morgan fingerprint density at radius 3 is 2.92 bits per heavy atom. The molecule has 1 aromatic rings. The van der Waals surface area contributed by atoms with Crippen LogP contribution in [0.25, 0.3) is 0 Å². The molecule has 1 unspecified atom stereocenters. The van der Waals surface area contributed by atoms with E-state index in [0.29, 0.717) is 11.8 Å². The van der Waals surface area contributed by atoms with Crippen molar-refractivity contribution < 1.29 is 37.3 Å². The maximum Gasteiger partial charge on any atom is 0.249 e. The molecule has 1 heterocycles. The van der Waals surface area contributed by atoms with Crippen LogP contribution in [-0.4, -0.2) is 47.2 Å². The van der Waals surface area contributed by atoms with Crippen LogP contribution in [0.1, 0.15) is 62.1 Å². The standard InChI is InChI=1S/C20H28N2O4/c1-12(2)18(24)16(23)11-13(3)19(25)21-17-15-8-6-5-7-14(15)9-10-22(4)20(17)26/h5-8,12-13,17-18,24H,9-11H2,1-4H3,(H,21,25)/t13-,17+,18+/m1/s1/i1D3,5D,6D,7D,8D,10D2,12D,13D,17D,18D/t12?,13-,17+,18+. The fraction of sp³-hybridized carbons (Fsp3) is 0.550. The molecule has 6 heteroatoms. The third-order valence-corrected chi connectivity index (χ3v) is 3.70. The summed E-state index contributed by atoms with van der Waals surface area (Å²) in [5.41, 5.74) is -1.26. The summed E-state index contributed by atoms with van der Waals surface area (Å²) in [5.74, 6) is -10.5. The molecule has 2 rings (SSSR count). The highest BCUT2D eigenvalue weighted by Gasteiger charge is 2.32. The zero-order valence-electron chi connectivity index (χ0n) is 27.5. The van der Waals surface area contributed by atoms with Gasteiger partial charge in [0.15, 0.2) is 5.78 Å². The number of hydrogen-bond acceptors (Lipinski definition) is 4. The van der Waals surface area contributed by atoms with E-state index in [9.17, 15) is 19.5 Å². The van der Waals surface area contributed by atoms with E-state index in [2.05, 4.69) is 0 Å². The zero-order valence-corrected chi connectivity index (χ0v) is 14.5. The monoisotopic (exact) mass is 373 g/mol. The Morgan fingerprint density at radius 2 is 2.23 bits per heavy atom. The number of amides is 2. The molecule has 1 aliphatic heterocycles. The first-order chi connectivity index (χ1) is 17.2. The van der Waals surface area contributed by atoms with Gasteiger partial charge in [-0.05, 0) is 23.4 Å². The summed E-state index contributed by atoms with van der Waals surface area (Å²) in [6.07, 6.45) is -5.75. The predicted octanol–water partition coefficient (Wildman–Crippen LogP) is 1.47. The van der Waals surface area contributed by atoms with Crippen molar-refractivity contribution in [2.75, 3.05) is 13.5 Å². The van der Waals surface area contributed by atoms with Gasteiger partial charge in [0.1, 0.15) is 12.1 Å². The van der Waals surface area contributed by atoms with Gasteiger partial charge in [0.25, 0.3) is 0 Å². The fourth-order valence-electron chi connectivity index (χ4n) is 2.18. The third-order valence-electron chi connectivity index (χ3n) is 3.70. The molecule has 6 nitrogen and oxygen atoms in total. The molecule has 2 N–H and O–H groups in total. The van der Waals surface area contributed by atoms with E-state index in [1.165, 1.54) is 0 Å². The van der Waals surface area contributed by atoms with Crippen LogP contribution < -0.4 is 5.32 Å². The number of fused-ring (bicyclic) bond motifs is 1. The number of benzene rings is 1. The number of ketones is 1. The normalized spacial score (nSPS) is 36.7. The van der Waals surface area contributed by atoms with Gasteiger partial charge < -0.3 is 15.3 Å². The van der Waals surface area contributed by atoms with Gasteiger partial charge in [-0.25, -0.2) is 0 Å². The van der Waals surface area contributed by atoms with E-state index in [4.69, 9.17) is 17.8 Å². The van der Waals surface area contributed by atoms with E-state index in [1.807, 2.05) is 5.32 Å². The van der Waals surface area contributed by atoms with E-state index in [1.54, 1.807) is 0 Å². The van der Waals surface area contributed by atoms with Gasteiger partial charge in [-0.1, -0.05) is 44.9 Å². The molecule has 0 aromatic heterocycles. The summed E-state index contributed by atoms with van der Waals surface area (Å²) >= 11 is 0. The lowest BCUT2D eigenvalue weighted by molar-refractivity contribution is -0.137. The van der Waals surface area contributed by atoms with Crippen LogP contribution in [0.4, 0.5) is 0 Å². The summed E-state index contributed by atoms with van der Waals surface area (Å²) in [6, 6.07) is -6.46. The van der Waals surface area contributed by atoms with E-state index in [0.717, 1.165) is 14.0 Å². The lowest BCUT2D eigenvalue weighted by Gasteiger charge is -2.24. The summed E-state index contributed by atoms with van der Waals surface area (Å²) in [4.78, 5) is 39.7. The van der Waals surface area contributed by atoms with Crippen LogP contribution in [0.15, 0.2) is 24.2 Å². The summed E-state index contributed by atoms with van der Waals surface area (Å²) in [5, 5.41) is 12.2. The van der Waals surface area contributed by atoms with Gasteiger partial charge in [0.2, 0.25) is 11.8 Å². The predicted molar refractivity (Wildman–Crippen MR) is 98.3 cm³/mol. The average Bonchev–Trinajstić information content (AvgIpc) is 2.83. The van der Waals surface area contributed by atoms with Gasteiger partial charge >= 0.3 is 0 Å². The highest BCUT2D eigenvalue weighted by atomic mass is 16.3. The Kier molecular flexibility index (Phi) is 2.81. The topological polar surface area (TPSA) is 86.7 Å². The quantitative estimate of drug-likeness (QED) is 0.791. The van der Waals surface area contributed by atoms with Crippen molar-refractivity contribution in [3.05, 3.63) is 35.3 Å². The fourth-order valence-corrected chi connectivity index (χ4v) is 2.18. The number of likely N-dealkylation sites (N-methyl/N-ethyl adjacent to an activating group) is 1. The summed E-state index contributed by atoms with van der Waals surface area (Å²) in [7, 11) is 0.938. The highest BCUT2D eigenvalue weighted by molar-refractivity contribution is 5.92. The van der Waals surface area contributed by atoms with Crippen molar-refractivity contribution in [1.29, 1.82) is 0 Å². The Hall–Kier alpha value is -2.21. The summed E-state index contributed by atoms with van der Waals surface area (Å²) < 4.78 is 104. The van der Waals surface area contributed by atoms with Crippen molar-refractivity contribution in [1.82, 2.24) is 10.2 Å². The Bertz CT molecular complexity index is 1230. The van der Waals surface area contributed by atoms with E-state index in [-0.39, 0.29) is 0 Å². The second-order valence-electron chi connectivity index (χ2n) is 5.74. The lowest BCUT2D eigenvalue weighted by atomic mass is 9.94. The Balaban J connectivity index is 2.62. The number of aliphatic hydroxyl groups is 1. The number of carbonyl (C=O) groups excluding carboxylic acids is 3. The van der Waals surface area contributed by atoms with Gasteiger partial charge in [0.05, 0.1) is 8.22 Å². The molecule has 0 saturated heterocycles. The second kappa shape index (κ2) is 8.45. The molecule has 0 aliphatic carbocycles. The molecule has 0 fully saturated rings. The van der Waals surface area contributed by atoms with Crippen molar-refractivity contribution >= 4 is 17.6 Å². The SMILES string of the molecule is [2H]c1c([2H])c([2H])c2c(c1[2H])CC([2H])([2H])N(C)C(=O)[C@@]2([2H])NC(=O)[C@]([2H])(C)CC(=O)[C@@]([2H])(O)C([2H])(C)C([2H])([2H])[2H]. The molecule has 26 heavy (non-hydrogen) atoms. The average molecular weight is 374 g/mol. The van der Waals surface area contributed by atoms with Crippen molar-refractivity contribution in [3.63, 3.8) is 0 Å². The molecule has 1 aliphatic rings. The second-order valence-corrected chi connectivity index (χ2v) is 5.74. The maximum absolute atomic E-state index is 13.3. The third kappa shape index (κ3) is 4.49. The molecule has 1 aromatic carbocycles. The van der Waals surface area contributed by atoms with Crippen molar-refractivity contribution in [2.45, 2.75) is 45.6 Å². The summed E-state index contributed by atoms with van der Waals surface area (Å²) in [6.45, 7) is -4.52. The molecule has 2 amide bonds. The van der Waals surface area contributed by atoms with Crippen LogP contribution >= 0.6 is 0 Å². The minimum absolute atomic E-state index is 0.420. The molecule has 4 atom stereocenters. The van der Waals surface area contributed by atoms with Crippen LogP contribution in [0.2, 0.25) is 0 Å². The Morgan fingerprint density at radius 1 is 1.54 bits per heavy atom. The molecule has 0 saturated carbocycles. The lowest BCUT2D eigenvalue weighted by Crippen LogP contribution is -2.43. The first kappa shape index (κ1) is 8.65. The van der Waals surface area contributed by atoms with Gasteiger partial charge in [-0.15, -0.1) is 0 Å². The first-order valence-corrected chi connectivity index (χ1v) is 7.64. The smallest absolute Gasteiger partial charge is 0.249 e. The number of Topliss-reactive ketones (excluding diaryl/α,β-unsaturated/α-hetero) is 1. The van der Waals surface area contributed by atoms with E-state index < -0.39 is 103 Å². The van der Waals surface area contributed by atoms with Crippen molar-refractivity contribution in [3.8, 4) is 0 Å². The number of rotatable bonds is 6. The van der Waals surface area contributed by atoms with Gasteiger partial charge in [0, 0.05) is 35.5 Å². The largest absolute Gasteiger partial charge is 0.385 e. The van der Waals surface area contributed by atoms with Crippen LogP contribution in [0, 0.1) is 11.8 Å². The molecule has 142 valence electrons. The van der Waals surface area contributed by atoms with Gasteiger partial charge in [-0.2, -0.15) is 0 Å². The van der Waals surface area contributed by atoms with Gasteiger partial charge in [-0.3, -0.25) is 14.4 Å². The van der Waals surface area contributed by atoms with E-state index >= 15 is 0 Å². The highest BCUT2D eigenvalue weighted by Crippen LogP contribution is 2.25. The van der Waals surface area contributed by atoms with Crippen LogP contribution in [0.5, 0.6) is 0 Å². The number of nitrogens with zero attached hydrogens (tertiary/aromatic N) is 1.